The molecule has 4 nitrogen and oxygen atoms in total. The van der Waals surface area contributed by atoms with Gasteiger partial charge < -0.3 is 5.01 Å². The van der Waals surface area contributed by atoms with Crippen LogP contribution in [0.15, 0.2) is 54.6 Å². The summed E-state index contributed by atoms with van der Waals surface area (Å²) >= 11 is 0. The van der Waals surface area contributed by atoms with Crippen molar-refractivity contribution in [2.75, 3.05) is 18.1 Å². The SMILES string of the molecule is Cc1cccc(CN2CCCCCCN2c2ccc(C#N)c3ccccc23)n1. The van der Waals surface area contributed by atoms with Crippen LogP contribution < -0.4 is 5.01 Å². The molecule has 1 aliphatic rings. The van der Waals surface area contributed by atoms with Gasteiger partial charge in [-0.3, -0.25) is 4.98 Å². The van der Waals surface area contributed by atoms with E-state index in [1.54, 1.807) is 0 Å². The molecule has 2 heterocycles. The fourth-order valence-electron chi connectivity index (χ4n) is 4.09. The Labute approximate surface area is 167 Å². The van der Waals surface area contributed by atoms with E-state index in [-0.39, 0.29) is 0 Å². The first kappa shape index (κ1) is 18.5. The highest BCUT2D eigenvalue weighted by molar-refractivity contribution is 5.97. The molecule has 142 valence electrons. The average Bonchev–Trinajstić information content (AvgIpc) is 2.70. The lowest BCUT2D eigenvalue weighted by Crippen LogP contribution is -2.44. The average molecular weight is 371 g/mol. The largest absolute Gasteiger partial charge is 0.305 e. The summed E-state index contributed by atoms with van der Waals surface area (Å²) in [5.74, 6) is 0. The number of benzene rings is 2. The number of hydrogen-bond donors (Lipinski definition) is 0. The third kappa shape index (κ3) is 3.85. The molecule has 28 heavy (non-hydrogen) atoms. The van der Waals surface area contributed by atoms with Crippen molar-refractivity contribution in [1.29, 1.82) is 5.26 Å². The van der Waals surface area contributed by atoms with Crippen molar-refractivity contribution in [3.63, 3.8) is 0 Å². The van der Waals surface area contributed by atoms with Gasteiger partial charge in [-0.15, -0.1) is 0 Å². The molecule has 3 aromatic rings. The number of aromatic nitrogens is 1. The number of hydrogen-bond acceptors (Lipinski definition) is 4. The molecule has 0 spiro atoms. The van der Waals surface area contributed by atoms with E-state index in [9.17, 15) is 5.26 Å². The van der Waals surface area contributed by atoms with Gasteiger partial charge in [0.15, 0.2) is 0 Å². The van der Waals surface area contributed by atoms with Gasteiger partial charge in [-0.25, -0.2) is 5.01 Å². The molecule has 4 rings (SSSR count). The minimum absolute atomic E-state index is 0.735. The van der Waals surface area contributed by atoms with Crippen LogP contribution in [0.4, 0.5) is 5.69 Å². The Balaban J connectivity index is 1.75. The van der Waals surface area contributed by atoms with E-state index in [2.05, 4.69) is 46.4 Å². The monoisotopic (exact) mass is 370 g/mol. The predicted molar refractivity (Wildman–Crippen MR) is 114 cm³/mol. The topological polar surface area (TPSA) is 43.2 Å². The van der Waals surface area contributed by atoms with E-state index in [0.717, 1.165) is 47.4 Å². The van der Waals surface area contributed by atoms with Gasteiger partial charge >= 0.3 is 0 Å². The highest BCUT2D eigenvalue weighted by Gasteiger charge is 2.21. The van der Waals surface area contributed by atoms with Crippen molar-refractivity contribution in [3.05, 3.63) is 71.5 Å². The number of fused-ring (bicyclic) bond motifs is 1. The van der Waals surface area contributed by atoms with Gasteiger partial charge in [0.25, 0.3) is 0 Å². The van der Waals surface area contributed by atoms with Crippen LogP contribution in [0.5, 0.6) is 0 Å². The molecule has 4 heteroatoms. The Hall–Kier alpha value is -2.90. The van der Waals surface area contributed by atoms with Gasteiger partial charge in [-0.2, -0.15) is 5.26 Å². The standard InChI is InChI=1S/C24H26N4/c1-19-9-8-10-21(26-19)18-27-15-6-2-3-7-16-28(27)24-14-13-20(17-25)22-11-4-5-12-23(22)24/h4-5,8-14H,2-3,6-7,15-16,18H2,1H3. The molecule has 0 N–H and O–H groups in total. The maximum Gasteiger partial charge on any atom is 0.0998 e. The Morgan fingerprint density at radius 3 is 2.46 bits per heavy atom. The molecular formula is C24H26N4. The number of rotatable bonds is 3. The maximum absolute atomic E-state index is 9.51. The lowest BCUT2D eigenvalue weighted by atomic mass is 10.0. The summed E-state index contributed by atoms with van der Waals surface area (Å²) < 4.78 is 0. The number of nitrogens with zero attached hydrogens (tertiary/aromatic N) is 4. The quantitative estimate of drug-likeness (QED) is 0.634. The van der Waals surface area contributed by atoms with Crippen molar-refractivity contribution < 1.29 is 0 Å². The van der Waals surface area contributed by atoms with E-state index < -0.39 is 0 Å². The highest BCUT2D eigenvalue weighted by Crippen LogP contribution is 2.32. The lowest BCUT2D eigenvalue weighted by Gasteiger charge is -2.39. The van der Waals surface area contributed by atoms with Crippen molar-refractivity contribution in [3.8, 4) is 6.07 Å². The summed E-state index contributed by atoms with van der Waals surface area (Å²) in [7, 11) is 0. The van der Waals surface area contributed by atoms with Crippen LogP contribution in [0.1, 0.15) is 42.6 Å². The first-order valence-electron chi connectivity index (χ1n) is 10.1. The Bertz CT molecular complexity index is 1000. The Kier molecular flexibility index (Phi) is 5.55. The zero-order valence-electron chi connectivity index (χ0n) is 16.4. The number of nitriles is 1. The number of pyridine rings is 1. The zero-order chi connectivity index (χ0) is 19.3. The first-order chi connectivity index (χ1) is 13.8. The third-order valence-corrected chi connectivity index (χ3v) is 5.47. The minimum Gasteiger partial charge on any atom is -0.305 e. The van der Waals surface area contributed by atoms with E-state index in [1.807, 2.05) is 31.2 Å². The van der Waals surface area contributed by atoms with Crippen molar-refractivity contribution in [2.45, 2.75) is 39.2 Å². The highest BCUT2D eigenvalue weighted by atomic mass is 15.6. The lowest BCUT2D eigenvalue weighted by molar-refractivity contribution is 0.219. The second-order valence-corrected chi connectivity index (χ2v) is 7.49. The maximum atomic E-state index is 9.51. The molecule has 1 aliphatic heterocycles. The molecule has 1 fully saturated rings. The minimum atomic E-state index is 0.735. The van der Waals surface area contributed by atoms with Crippen LogP contribution in [0, 0.1) is 18.3 Å². The van der Waals surface area contributed by atoms with Gasteiger partial charge in [0, 0.05) is 29.6 Å². The number of hydrazine groups is 1. The fourth-order valence-corrected chi connectivity index (χ4v) is 4.09. The van der Waals surface area contributed by atoms with Gasteiger partial charge in [-0.05, 0) is 44.0 Å². The van der Waals surface area contributed by atoms with Crippen LogP contribution in [-0.4, -0.2) is 23.1 Å². The molecule has 1 saturated heterocycles. The number of anilines is 1. The second kappa shape index (κ2) is 8.41. The molecule has 0 bridgehead atoms. The molecule has 0 saturated carbocycles. The fraction of sp³-hybridized carbons (Fsp3) is 0.333. The van der Waals surface area contributed by atoms with Crippen molar-refractivity contribution in [1.82, 2.24) is 9.99 Å². The van der Waals surface area contributed by atoms with Crippen LogP contribution in [0.25, 0.3) is 10.8 Å². The molecule has 0 radical (unpaired) electrons. The normalized spacial score (nSPS) is 15.8. The molecular weight excluding hydrogens is 344 g/mol. The molecule has 0 amide bonds. The third-order valence-electron chi connectivity index (χ3n) is 5.47. The molecule has 0 atom stereocenters. The van der Waals surface area contributed by atoms with Crippen LogP contribution in [0.2, 0.25) is 0 Å². The predicted octanol–water partition coefficient (Wildman–Crippen LogP) is 5.21. The first-order valence-corrected chi connectivity index (χ1v) is 10.1. The second-order valence-electron chi connectivity index (χ2n) is 7.49. The van der Waals surface area contributed by atoms with E-state index in [4.69, 9.17) is 4.98 Å². The summed E-state index contributed by atoms with van der Waals surface area (Å²) in [6, 6.07) is 20.9. The van der Waals surface area contributed by atoms with Crippen molar-refractivity contribution in [2.24, 2.45) is 0 Å². The van der Waals surface area contributed by atoms with Crippen LogP contribution >= 0.6 is 0 Å². The Morgan fingerprint density at radius 2 is 1.68 bits per heavy atom. The molecule has 0 aliphatic carbocycles. The Morgan fingerprint density at radius 1 is 0.893 bits per heavy atom. The zero-order valence-corrected chi connectivity index (χ0v) is 16.4. The summed E-state index contributed by atoms with van der Waals surface area (Å²) in [4.78, 5) is 4.73. The summed E-state index contributed by atoms with van der Waals surface area (Å²) in [5, 5.41) is 16.5. The van der Waals surface area contributed by atoms with E-state index >= 15 is 0 Å². The summed E-state index contributed by atoms with van der Waals surface area (Å²) in [6.45, 7) is 4.85. The van der Waals surface area contributed by atoms with E-state index in [0.29, 0.717) is 0 Å². The summed E-state index contributed by atoms with van der Waals surface area (Å²) in [5.41, 5.74) is 4.07. The van der Waals surface area contributed by atoms with Gasteiger partial charge in [0.05, 0.1) is 29.6 Å². The van der Waals surface area contributed by atoms with Gasteiger partial charge in [0.2, 0.25) is 0 Å². The smallest absolute Gasteiger partial charge is 0.0998 e. The van der Waals surface area contributed by atoms with Crippen molar-refractivity contribution >= 4 is 16.5 Å². The summed E-state index contributed by atoms with van der Waals surface area (Å²) in [6.07, 6.45) is 4.91. The van der Waals surface area contributed by atoms with Gasteiger partial charge in [0.1, 0.15) is 0 Å². The van der Waals surface area contributed by atoms with Crippen LogP contribution in [0.3, 0.4) is 0 Å². The number of aryl methyl sites for hydroxylation is 1. The molecule has 0 unspecified atom stereocenters. The van der Waals surface area contributed by atoms with Gasteiger partial charge in [-0.1, -0.05) is 43.2 Å². The van der Waals surface area contributed by atoms with E-state index in [1.165, 1.54) is 31.4 Å². The molecule has 2 aromatic carbocycles. The van der Waals surface area contributed by atoms with Crippen LogP contribution in [-0.2, 0) is 6.54 Å². The molecule has 1 aromatic heterocycles.